The average molecular weight is 264 g/mol. The van der Waals surface area contributed by atoms with Gasteiger partial charge >= 0.3 is 0 Å². The lowest BCUT2D eigenvalue weighted by Gasteiger charge is -2.26. The maximum atomic E-state index is 6.09. The van der Waals surface area contributed by atoms with Gasteiger partial charge in [-0.25, -0.2) is 4.98 Å². The number of hydrogen-bond donors (Lipinski definition) is 1. The Morgan fingerprint density at radius 1 is 1.44 bits per heavy atom. The van der Waals surface area contributed by atoms with Crippen molar-refractivity contribution in [2.75, 3.05) is 13.1 Å². The Morgan fingerprint density at radius 2 is 2.28 bits per heavy atom. The molecule has 1 aromatic carbocycles. The lowest BCUT2D eigenvalue weighted by atomic mass is 9.99. The molecular weight excluding hydrogens is 246 g/mol. The third-order valence-electron chi connectivity index (χ3n) is 3.57. The summed E-state index contributed by atoms with van der Waals surface area (Å²) in [4.78, 5) is 4.77. The Morgan fingerprint density at radius 3 is 2.94 bits per heavy atom. The molecule has 1 aliphatic heterocycles. The Balaban J connectivity index is 2.02. The van der Waals surface area contributed by atoms with Crippen molar-refractivity contribution in [1.29, 1.82) is 0 Å². The summed E-state index contributed by atoms with van der Waals surface area (Å²) in [6.07, 6.45) is 2.19. The van der Waals surface area contributed by atoms with Crippen LogP contribution in [-0.4, -0.2) is 22.6 Å². The molecule has 2 heterocycles. The molecular formula is C14H18ClN3. The minimum absolute atomic E-state index is 0.743. The van der Waals surface area contributed by atoms with Gasteiger partial charge in [0.1, 0.15) is 5.82 Å². The SMILES string of the molecule is CCCn1c(CC2CNC2)nc2ccc(Cl)cc21. The summed E-state index contributed by atoms with van der Waals surface area (Å²) in [6, 6.07) is 5.97. The van der Waals surface area contributed by atoms with Crippen LogP contribution in [-0.2, 0) is 13.0 Å². The van der Waals surface area contributed by atoms with E-state index in [9.17, 15) is 0 Å². The number of halogens is 1. The van der Waals surface area contributed by atoms with E-state index in [1.165, 1.54) is 11.3 Å². The smallest absolute Gasteiger partial charge is 0.110 e. The van der Waals surface area contributed by atoms with Gasteiger partial charge < -0.3 is 9.88 Å². The molecule has 0 radical (unpaired) electrons. The van der Waals surface area contributed by atoms with E-state index >= 15 is 0 Å². The van der Waals surface area contributed by atoms with Gasteiger partial charge in [-0.15, -0.1) is 0 Å². The summed E-state index contributed by atoms with van der Waals surface area (Å²) in [6.45, 7) is 5.46. The van der Waals surface area contributed by atoms with Gasteiger partial charge in [0.25, 0.3) is 0 Å². The molecule has 1 aromatic heterocycles. The number of rotatable bonds is 4. The van der Waals surface area contributed by atoms with Crippen molar-refractivity contribution in [3.05, 3.63) is 29.0 Å². The van der Waals surface area contributed by atoms with Crippen LogP contribution in [0.4, 0.5) is 0 Å². The highest BCUT2D eigenvalue weighted by atomic mass is 35.5. The van der Waals surface area contributed by atoms with Crippen LogP contribution in [0.25, 0.3) is 11.0 Å². The first-order chi connectivity index (χ1) is 8.78. The lowest BCUT2D eigenvalue weighted by molar-refractivity contribution is 0.337. The molecule has 1 aliphatic rings. The van der Waals surface area contributed by atoms with Crippen LogP contribution in [0.3, 0.4) is 0 Å². The summed E-state index contributed by atoms with van der Waals surface area (Å²) in [5, 5.41) is 4.11. The van der Waals surface area contributed by atoms with E-state index in [2.05, 4.69) is 16.8 Å². The van der Waals surface area contributed by atoms with Gasteiger partial charge in [-0.3, -0.25) is 0 Å². The normalized spacial score (nSPS) is 16.1. The maximum absolute atomic E-state index is 6.09. The molecule has 96 valence electrons. The Kier molecular flexibility index (Phi) is 3.27. The second kappa shape index (κ2) is 4.90. The fraction of sp³-hybridized carbons (Fsp3) is 0.500. The first-order valence-corrected chi connectivity index (χ1v) is 7.01. The van der Waals surface area contributed by atoms with Gasteiger partial charge in [0.15, 0.2) is 0 Å². The molecule has 0 aliphatic carbocycles. The number of nitrogens with one attached hydrogen (secondary N) is 1. The fourth-order valence-corrected chi connectivity index (χ4v) is 2.69. The molecule has 0 bridgehead atoms. The van der Waals surface area contributed by atoms with Gasteiger partial charge in [-0.1, -0.05) is 18.5 Å². The quantitative estimate of drug-likeness (QED) is 0.919. The number of hydrogen-bond acceptors (Lipinski definition) is 2. The zero-order valence-corrected chi connectivity index (χ0v) is 11.4. The molecule has 0 saturated carbocycles. The largest absolute Gasteiger partial charge is 0.328 e. The monoisotopic (exact) mass is 263 g/mol. The van der Waals surface area contributed by atoms with Crippen molar-refractivity contribution >= 4 is 22.6 Å². The minimum atomic E-state index is 0.743. The van der Waals surface area contributed by atoms with Crippen molar-refractivity contribution < 1.29 is 0 Å². The fourth-order valence-electron chi connectivity index (χ4n) is 2.53. The number of nitrogens with zero attached hydrogens (tertiary/aromatic N) is 2. The van der Waals surface area contributed by atoms with Crippen molar-refractivity contribution in [3.63, 3.8) is 0 Å². The summed E-state index contributed by atoms with van der Waals surface area (Å²) in [5.74, 6) is 1.95. The van der Waals surface area contributed by atoms with Crippen LogP contribution in [0.5, 0.6) is 0 Å². The highest BCUT2D eigenvalue weighted by Gasteiger charge is 2.20. The zero-order valence-electron chi connectivity index (χ0n) is 10.6. The van der Waals surface area contributed by atoms with Crippen LogP contribution in [0, 0.1) is 5.92 Å². The standard InChI is InChI=1S/C14H18ClN3/c1-2-5-18-13-7-11(15)3-4-12(13)17-14(18)6-10-8-16-9-10/h3-4,7,10,16H,2,5-6,8-9H2,1H3. The molecule has 3 rings (SSSR count). The van der Waals surface area contributed by atoms with Crippen LogP contribution in [0.2, 0.25) is 5.02 Å². The number of aryl methyl sites for hydroxylation is 1. The Bertz CT molecular complexity index is 557. The molecule has 2 aromatic rings. The molecule has 1 N–H and O–H groups in total. The van der Waals surface area contributed by atoms with Gasteiger partial charge in [0.05, 0.1) is 11.0 Å². The summed E-state index contributed by atoms with van der Waals surface area (Å²) >= 11 is 6.09. The molecule has 0 atom stereocenters. The van der Waals surface area contributed by atoms with E-state index in [1.54, 1.807) is 0 Å². The summed E-state index contributed by atoms with van der Waals surface area (Å²) < 4.78 is 2.33. The van der Waals surface area contributed by atoms with Crippen LogP contribution >= 0.6 is 11.6 Å². The van der Waals surface area contributed by atoms with Gasteiger partial charge in [0, 0.05) is 18.0 Å². The van der Waals surface area contributed by atoms with E-state index < -0.39 is 0 Å². The second-order valence-corrected chi connectivity index (χ2v) is 5.48. The first-order valence-electron chi connectivity index (χ1n) is 6.63. The van der Waals surface area contributed by atoms with Crippen molar-refractivity contribution in [2.45, 2.75) is 26.3 Å². The topological polar surface area (TPSA) is 29.9 Å². The number of imidazole rings is 1. The highest BCUT2D eigenvalue weighted by Crippen LogP contribution is 2.23. The molecule has 0 unspecified atom stereocenters. The highest BCUT2D eigenvalue weighted by molar-refractivity contribution is 6.31. The van der Waals surface area contributed by atoms with E-state index in [4.69, 9.17) is 16.6 Å². The molecule has 4 heteroatoms. The first kappa shape index (κ1) is 12.0. The summed E-state index contributed by atoms with van der Waals surface area (Å²) in [5.41, 5.74) is 2.24. The molecule has 0 amide bonds. The molecule has 18 heavy (non-hydrogen) atoms. The third-order valence-corrected chi connectivity index (χ3v) is 3.81. The van der Waals surface area contributed by atoms with Crippen LogP contribution in [0.15, 0.2) is 18.2 Å². The Labute approximate surface area is 112 Å². The number of fused-ring (bicyclic) bond motifs is 1. The molecule has 1 saturated heterocycles. The Hall–Kier alpha value is -1.06. The van der Waals surface area contributed by atoms with E-state index in [0.29, 0.717) is 0 Å². The number of benzene rings is 1. The van der Waals surface area contributed by atoms with Gasteiger partial charge in [-0.2, -0.15) is 0 Å². The average Bonchev–Trinajstić information content (AvgIpc) is 2.63. The molecule has 0 spiro atoms. The van der Waals surface area contributed by atoms with Crippen LogP contribution in [0.1, 0.15) is 19.2 Å². The predicted molar refractivity (Wildman–Crippen MR) is 75.1 cm³/mol. The number of aromatic nitrogens is 2. The van der Waals surface area contributed by atoms with Gasteiger partial charge in [-0.05, 0) is 43.6 Å². The minimum Gasteiger partial charge on any atom is -0.328 e. The molecule has 1 fully saturated rings. The summed E-state index contributed by atoms with van der Waals surface area (Å²) in [7, 11) is 0. The second-order valence-electron chi connectivity index (χ2n) is 5.04. The van der Waals surface area contributed by atoms with Gasteiger partial charge in [0.2, 0.25) is 0 Å². The predicted octanol–water partition coefficient (Wildman–Crippen LogP) is 2.86. The van der Waals surface area contributed by atoms with Crippen molar-refractivity contribution in [2.24, 2.45) is 5.92 Å². The van der Waals surface area contributed by atoms with E-state index in [1.807, 2.05) is 18.2 Å². The van der Waals surface area contributed by atoms with E-state index in [-0.39, 0.29) is 0 Å². The lowest BCUT2D eigenvalue weighted by Crippen LogP contribution is -2.43. The van der Waals surface area contributed by atoms with Crippen molar-refractivity contribution in [3.8, 4) is 0 Å². The van der Waals surface area contributed by atoms with E-state index in [0.717, 1.165) is 48.9 Å². The maximum Gasteiger partial charge on any atom is 0.110 e. The molecule has 3 nitrogen and oxygen atoms in total. The van der Waals surface area contributed by atoms with Crippen LogP contribution < -0.4 is 5.32 Å². The zero-order chi connectivity index (χ0) is 12.5. The van der Waals surface area contributed by atoms with Crippen molar-refractivity contribution in [1.82, 2.24) is 14.9 Å². The third kappa shape index (κ3) is 2.13.